The maximum atomic E-state index is 9.48. The van der Waals surface area contributed by atoms with Crippen molar-refractivity contribution in [3.63, 3.8) is 0 Å². The van der Waals surface area contributed by atoms with E-state index < -0.39 is 0 Å². The van der Waals surface area contributed by atoms with E-state index in [4.69, 9.17) is 0 Å². The zero-order valence-corrected chi connectivity index (χ0v) is 8.49. The Bertz CT molecular complexity index is 445. The minimum Gasteiger partial charge on any atom is -1.00 e. The highest BCUT2D eigenvalue weighted by Gasteiger charge is 2.09. The van der Waals surface area contributed by atoms with Gasteiger partial charge in [-0.05, 0) is 6.07 Å². The van der Waals surface area contributed by atoms with Crippen LogP contribution in [0.1, 0.15) is 0 Å². The highest BCUT2D eigenvalue weighted by atomic mass is 35.5. The molecule has 0 saturated carbocycles. The van der Waals surface area contributed by atoms with Crippen molar-refractivity contribution >= 4 is 16.6 Å². The van der Waals surface area contributed by atoms with Gasteiger partial charge in [-0.3, -0.25) is 5.21 Å². The standard InChI is InChI=1S/C10H10N2O.ClH/c1-11-9-6-7-12(13)10-5-3-2-4-8(9)10;/h2-7,13H,1H3;1H. The van der Waals surface area contributed by atoms with Gasteiger partial charge in [-0.15, -0.1) is 0 Å². The topological polar surface area (TPSA) is 36.1 Å². The van der Waals surface area contributed by atoms with Crippen molar-refractivity contribution in [2.45, 2.75) is 0 Å². The maximum Gasteiger partial charge on any atom is 0.266 e. The van der Waals surface area contributed by atoms with Crippen LogP contribution < -0.4 is 22.5 Å². The fourth-order valence-corrected chi connectivity index (χ4v) is 1.43. The summed E-state index contributed by atoms with van der Waals surface area (Å²) in [4.78, 5) is 0. The fourth-order valence-electron chi connectivity index (χ4n) is 1.43. The van der Waals surface area contributed by atoms with Crippen molar-refractivity contribution in [1.29, 1.82) is 0 Å². The molecule has 2 N–H and O–H groups in total. The molecular formula is C10H11ClN2O. The molecule has 0 bridgehead atoms. The summed E-state index contributed by atoms with van der Waals surface area (Å²) < 4.78 is 1.12. The van der Waals surface area contributed by atoms with Crippen LogP contribution in [0.25, 0.3) is 10.9 Å². The van der Waals surface area contributed by atoms with Crippen LogP contribution in [0.15, 0.2) is 36.5 Å². The van der Waals surface area contributed by atoms with Gasteiger partial charge >= 0.3 is 0 Å². The lowest BCUT2D eigenvalue weighted by atomic mass is 10.2. The van der Waals surface area contributed by atoms with Gasteiger partial charge in [0.1, 0.15) is 0 Å². The number of fused-ring (bicyclic) bond motifs is 1. The Hall–Kier alpha value is -1.48. The molecular weight excluding hydrogens is 200 g/mol. The van der Waals surface area contributed by atoms with Crippen LogP contribution in [0.4, 0.5) is 5.69 Å². The summed E-state index contributed by atoms with van der Waals surface area (Å²) in [5.41, 5.74) is 1.82. The molecule has 0 aliphatic heterocycles. The van der Waals surface area contributed by atoms with E-state index in [0.29, 0.717) is 0 Å². The summed E-state index contributed by atoms with van der Waals surface area (Å²) in [5.74, 6) is 0. The second-order valence-electron chi connectivity index (χ2n) is 2.84. The molecule has 1 aromatic carbocycles. The summed E-state index contributed by atoms with van der Waals surface area (Å²) in [7, 11) is 1.86. The van der Waals surface area contributed by atoms with Crippen LogP contribution in [0.3, 0.4) is 0 Å². The first-order valence-corrected chi connectivity index (χ1v) is 4.13. The Morgan fingerprint density at radius 1 is 1.21 bits per heavy atom. The van der Waals surface area contributed by atoms with Crippen LogP contribution in [0.5, 0.6) is 0 Å². The number of halogens is 1. The van der Waals surface area contributed by atoms with Crippen molar-refractivity contribution in [3.8, 4) is 0 Å². The van der Waals surface area contributed by atoms with Gasteiger partial charge in [-0.25, -0.2) is 0 Å². The molecule has 1 aromatic heterocycles. The van der Waals surface area contributed by atoms with Crippen molar-refractivity contribution in [3.05, 3.63) is 36.5 Å². The minimum atomic E-state index is 0. The second kappa shape index (κ2) is 4.15. The van der Waals surface area contributed by atoms with Crippen molar-refractivity contribution in [1.82, 2.24) is 0 Å². The number of nitrogens with one attached hydrogen (secondary N) is 1. The number of benzene rings is 1. The van der Waals surface area contributed by atoms with Gasteiger partial charge in [0.05, 0.1) is 11.1 Å². The molecule has 0 unspecified atom stereocenters. The molecule has 0 radical (unpaired) electrons. The lowest BCUT2D eigenvalue weighted by Crippen LogP contribution is -3.00. The summed E-state index contributed by atoms with van der Waals surface area (Å²) in [6, 6.07) is 9.52. The zero-order chi connectivity index (χ0) is 9.26. The van der Waals surface area contributed by atoms with E-state index in [-0.39, 0.29) is 12.4 Å². The van der Waals surface area contributed by atoms with E-state index in [9.17, 15) is 5.21 Å². The van der Waals surface area contributed by atoms with Gasteiger partial charge in [0.25, 0.3) is 5.52 Å². The number of para-hydroxylation sites is 1. The van der Waals surface area contributed by atoms with Crippen LogP contribution in [0.2, 0.25) is 0 Å². The molecule has 0 atom stereocenters. The molecule has 74 valence electrons. The Kier molecular flexibility index (Phi) is 3.14. The average molecular weight is 211 g/mol. The minimum absolute atomic E-state index is 0. The molecule has 3 nitrogen and oxygen atoms in total. The monoisotopic (exact) mass is 210 g/mol. The van der Waals surface area contributed by atoms with Crippen molar-refractivity contribution in [2.75, 3.05) is 12.4 Å². The second-order valence-corrected chi connectivity index (χ2v) is 2.84. The first-order chi connectivity index (χ1) is 6.33. The molecule has 0 aliphatic rings. The number of hydrogen-bond donors (Lipinski definition) is 2. The van der Waals surface area contributed by atoms with Crippen LogP contribution >= 0.6 is 0 Å². The Morgan fingerprint density at radius 2 is 1.93 bits per heavy atom. The van der Waals surface area contributed by atoms with Gasteiger partial charge in [0, 0.05) is 23.9 Å². The molecule has 0 fully saturated rings. The molecule has 2 rings (SSSR count). The Morgan fingerprint density at radius 3 is 2.64 bits per heavy atom. The molecule has 0 aliphatic carbocycles. The van der Waals surface area contributed by atoms with Crippen molar-refractivity contribution < 1.29 is 22.3 Å². The fraction of sp³-hybridized carbons (Fsp3) is 0.100. The number of hydrogen-bond acceptors (Lipinski definition) is 2. The van der Waals surface area contributed by atoms with E-state index in [1.54, 1.807) is 6.20 Å². The van der Waals surface area contributed by atoms with Gasteiger partial charge in [-0.1, -0.05) is 12.1 Å². The first-order valence-electron chi connectivity index (χ1n) is 4.13. The summed E-state index contributed by atoms with van der Waals surface area (Å²) in [6.45, 7) is 0. The molecule has 1 heterocycles. The third-order valence-electron chi connectivity index (χ3n) is 2.09. The summed E-state index contributed by atoms with van der Waals surface area (Å²) in [6.07, 6.45) is 1.62. The molecule has 0 amide bonds. The molecule has 0 saturated heterocycles. The third-order valence-corrected chi connectivity index (χ3v) is 2.09. The van der Waals surface area contributed by atoms with Gasteiger partial charge in [0.2, 0.25) is 6.20 Å². The summed E-state index contributed by atoms with van der Waals surface area (Å²) in [5, 5.41) is 13.6. The summed E-state index contributed by atoms with van der Waals surface area (Å²) >= 11 is 0. The Balaban J connectivity index is 0.000000980. The third kappa shape index (κ3) is 1.59. The van der Waals surface area contributed by atoms with E-state index >= 15 is 0 Å². The molecule has 0 spiro atoms. The van der Waals surface area contributed by atoms with Crippen LogP contribution in [-0.2, 0) is 0 Å². The SMILES string of the molecule is CNc1cc[n+](O)c2ccccc12.[Cl-]. The quantitative estimate of drug-likeness (QED) is 0.440. The number of nitrogens with zero attached hydrogens (tertiary/aromatic N) is 1. The predicted octanol–water partition coefficient (Wildman–Crippen LogP) is -1.59. The molecule has 2 aromatic rings. The average Bonchev–Trinajstić information content (AvgIpc) is 2.19. The van der Waals surface area contributed by atoms with Crippen LogP contribution in [0, 0.1) is 0 Å². The molecule has 4 heteroatoms. The largest absolute Gasteiger partial charge is 1.00 e. The normalized spacial score (nSPS) is 9.50. The molecule has 14 heavy (non-hydrogen) atoms. The van der Waals surface area contributed by atoms with Crippen LogP contribution in [-0.4, -0.2) is 12.3 Å². The van der Waals surface area contributed by atoms with E-state index in [0.717, 1.165) is 21.3 Å². The number of pyridine rings is 1. The lowest BCUT2D eigenvalue weighted by Gasteiger charge is -2.01. The number of rotatable bonds is 1. The first kappa shape index (κ1) is 10.6. The number of aromatic nitrogens is 1. The van der Waals surface area contributed by atoms with Crippen molar-refractivity contribution in [2.24, 2.45) is 0 Å². The smallest absolute Gasteiger partial charge is 0.266 e. The lowest BCUT2D eigenvalue weighted by molar-refractivity contribution is -0.884. The Labute approximate surface area is 88.4 Å². The zero-order valence-electron chi connectivity index (χ0n) is 7.74. The van der Waals surface area contributed by atoms with Gasteiger partial charge in [-0.2, -0.15) is 0 Å². The van der Waals surface area contributed by atoms with Gasteiger partial charge in [0.15, 0.2) is 0 Å². The number of anilines is 1. The van der Waals surface area contributed by atoms with E-state index in [1.165, 1.54) is 0 Å². The van der Waals surface area contributed by atoms with E-state index in [1.807, 2.05) is 37.4 Å². The highest BCUT2D eigenvalue weighted by molar-refractivity contribution is 5.88. The van der Waals surface area contributed by atoms with E-state index in [2.05, 4.69) is 5.32 Å². The maximum absolute atomic E-state index is 9.48. The van der Waals surface area contributed by atoms with Gasteiger partial charge < -0.3 is 17.7 Å². The highest BCUT2D eigenvalue weighted by Crippen LogP contribution is 2.18. The predicted molar refractivity (Wildman–Crippen MR) is 50.9 cm³/mol.